The highest BCUT2D eigenvalue weighted by molar-refractivity contribution is 5.93. The molecule has 2 saturated heterocycles. The first-order valence-electron chi connectivity index (χ1n) is 22.8. The fourth-order valence-electron chi connectivity index (χ4n) is 9.70. The number of aromatic nitrogens is 5. The molecule has 3 aromatic heterocycles. The Kier molecular flexibility index (Phi) is 12.3. The number of carbonyl (C=O) groups excluding carboxylic acids is 4. The maximum absolute atomic E-state index is 13.8. The van der Waals surface area contributed by atoms with Crippen molar-refractivity contribution in [2.24, 2.45) is 11.8 Å². The Morgan fingerprint density at radius 3 is 1.81 bits per heavy atom. The van der Waals surface area contributed by atoms with Crippen LogP contribution in [-0.4, -0.2) is 104 Å². The van der Waals surface area contributed by atoms with Gasteiger partial charge in [-0.2, -0.15) is 0 Å². The number of imidazole rings is 2. The van der Waals surface area contributed by atoms with Crippen LogP contribution in [0.1, 0.15) is 94.5 Å². The lowest BCUT2D eigenvalue weighted by atomic mass is 10.0. The fourth-order valence-corrected chi connectivity index (χ4v) is 9.70. The summed E-state index contributed by atoms with van der Waals surface area (Å²) in [6, 6.07) is 20.4. The number of hydrogen-bond acceptors (Lipinski definition) is 10. The second-order valence-electron chi connectivity index (χ2n) is 18.1. The van der Waals surface area contributed by atoms with Crippen molar-refractivity contribution in [3.63, 3.8) is 0 Å². The van der Waals surface area contributed by atoms with Gasteiger partial charge in [0.05, 0.1) is 61.3 Å². The van der Waals surface area contributed by atoms with Gasteiger partial charge in [0.25, 0.3) is 0 Å². The topological polar surface area (TPSA) is 213 Å². The van der Waals surface area contributed by atoms with Gasteiger partial charge in [0.15, 0.2) is 0 Å². The van der Waals surface area contributed by atoms with Gasteiger partial charge in [0, 0.05) is 46.9 Å². The molecule has 3 aliphatic rings. The van der Waals surface area contributed by atoms with Gasteiger partial charge in [-0.3, -0.25) is 9.59 Å². The number of likely N-dealkylation sites (tertiary alicyclic amines) is 2. The van der Waals surface area contributed by atoms with E-state index in [1.165, 1.54) is 20.4 Å². The number of aromatic amines is 2. The summed E-state index contributed by atoms with van der Waals surface area (Å²) in [5.41, 5.74) is 7.93. The second-order valence-corrected chi connectivity index (χ2v) is 18.1. The smallest absolute Gasteiger partial charge is 0.407 e. The van der Waals surface area contributed by atoms with Crippen LogP contribution in [0.15, 0.2) is 79.1 Å². The van der Waals surface area contributed by atoms with Crippen molar-refractivity contribution in [1.82, 2.24) is 44.9 Å². The summed E-state index contributed by atoms with van der Waals surface area (Å²) in [5.74, 6) is 1.44. The van der Waals surface area contributed by atoms with Crippen LogP contribution in [0.25, 0.3) is 44.7 Å². The first-order valence-corrected chi connectivity index (χ1v) is 22.8. The third kappa shape index (κ3) is 8.49. The van der Waals surface area contributed by atoms with E-state index in [0.717, 1.165) is 81.5 Å². The van der Waals surface area contributed by atoms with Crippen LogP contribution in [0.5, 0.6) is 5.75 Å². The molecule has 6 aromatic rings. The number of H-pyrrole nitrogens is 2. The molecular formula is C50H56N10O7. The number of benzene rings is 3. The maximum Gasteiger partial charge on any atom is 0.407 e. The number of amides is 4. The third-order valence-corrected chi connectivity index (χ3v) is 13.3. The first-order chi connectivity index (χ1) is 32.4. The molecule has 9 rings (SSSR count). The quantitative estimate of drug-likeness (QED) is 0.0750. The predicted molar refractivity (Wildman–Crippen MR) is 251 cm³/mol. The van der Waals surface area contributed by atoms with Gasteiger partial charge in [0.2, 0.25) is 18.0 Å². The normalized spacial score (nSPS) is 18.6. The maximum atomic E-state index is 13.8. The molecule has 0 spiro atoms. The van der Waals surface area contributed by atoms with Crippen LogP contribution in [0.4, 0.5) is 9.59 Å². The molecule has 3 aromatic carbocycles. The first kappa shape index (κ1) is 44.8. The summed E-state index contributed by atoms with van der Waals surface area (Å²) >= 11 is 0. The number of methoxy groups -OCH3 is 2. The van der Waals surface area contributed by atoms with Gasteiger partial charge in [-0.25, -0.2) is 19.6 Å². The van der Waals surface area contributed by atoms with E-state index in [1.54, 1.807) is 16.0 Å². The van der Waals surface area contributed by atoms with Crippen molar-refractivity contribution < 1.29 is 33.4 Å². The van der Waals surface area contributed by atoms with E-state index in [4.69, 9.17) is 29.6 Å². The number of nitrogens with one attached hydrogen (secondary N) is 5. The summed E-state index contributed by atoms with van der Waals surface area (Å²) in [5, 5.41) is 14.2. The van der Waals surface area contributed by atoms with Crippen LogP contribution in [-0.2, 0) is 19.1 Å². The molecule has 0 aliphatic carbocycles. The largest absolute Gasteiger partial charge is 0.465 e. The minimum absolute atomic E-state index is 0.138. The van der Waals surface area contributed by atoms with Gasteiger partial charge >= 0.3 is 12.2 Å². The number of hydrogen-bond donors (Lipinski definition) is 5. The van der Waals surface area contributed by atoms with Gasteiger partial charge in [-0.15, -0.1) is 0 Å². The van der Waals surface area contributed by atoms with Gasteiger partial charge in [0.1, 0.15) is 29.5 Å². The van der Waals surface area contributed by atoms with E-state index < -0.39 is 30.5 Å². The van der Waals surface area contributed by atoms with Crippen LogP contribution in [0.2, 0.25) is 0 Å². The standard InChI is InChI=1S/C50H56N10O7/c1-27(2)42(56-49(63)65-5)46(61)58-19-7-9-38(58)44-52-25-35(54-44)31-16-18-37-33(21-31)22-40-34-17-15-32(23-41(34)67-48(60(37)40)30-13-11-29(24-51)12-14-30)36-26-53-45(55-36)39-10-8-20-59(39)47(62)43(28(3)4)57-50(64)66-6/h11-18,21-28,38-39,42-43,48,51H,7-10,19-20H2,1-6H3,(H,52,54)(H,53,55)(H,56,63)(H,57,64)/t38-,39-,42-,43-,48?/m0/s1. The summed E-state index contributed by atoms with van der Waals surface area (Å²) in [6.45, 7) is 8.70. The number of ether oxygens (including phenoxy) is 3. The Bertz CT molecular complexity index is 2840. The lowest BCUT2D eigenvalue weighted by Gasteiger charge is -2.30. The number of alkyl carbamates (subject to hydrolysis) is 2. The summed E-state index contributed by atoms with van der Waals surface area (Å²) in [7, 11) is 2.57. The van der Waals surface area contributed by atoms with E-state index in [-0.39, 0.29) is 35.7 Å². The molecule has 0 saturated carbocycles. The number of fused-ring (bicyclic) bond motifs is 5. The molecule has 2 fully saturated rings. The molecule has 4 amide bonds. The van der Waals surface area contributed by atoms with E-state index in [2.05, 4.69) is 55.5 Å². The van der Waals surface area contributed by atoms with E-state index >= 15 is 0 Å². The number of rotatable bonds is 12. The van der Waals surface area contributed by atoms with Gasteiger partial charge in [-0.1, -0.05) is 64.1 Å². The average molecular weight is 909 g/mol. The van der Waals surface area contributed by atoms with E-state index in [1.807, 2.05) is 70.3 Å². The van der Waals surface area contributed by atoms with Crippen LogP contribution in [0, 0.1) is 17.2 Å². The molecular weight excluding hydrogens is 853 g/mol. The Morgan fingerprint density at radius 2 is 1.28 bits per heavy atom. The predicted octanol–water partition coefficient (Wildman–Crippen LogP) is 8.11. The van der Waals surface area contributed by atoms with Crippen molar-refractivity contribution in [3.05, 3.63) is 102 Å². The van der Waals surface area contributed by atoms with Crippen molar-refractivity contribution in [2.75, 3.05) is 27.3 Å². The molecule has 17 heteroatoms. The molecule has 3 aliphatic heterocycles. The Labute approximate surface area is 388 Å². The monoisotopic (exact) mass is 908 g/mol. The van der Waals surface area contributed by atoms with E-state index in [0.29, 0.717) is 30.5 Å². The highest BCUT2D eigenvalue weighted by Gasteiger charge is 2.39. The molecule has 6 heterocycles. The van der Waals surface area contributed by atoms with Crippen LogP contribution in [0.3, 0.4) is 0 Å². The summed E-state index contributed by atoms with van der Waals surface area (Å²) < 4.78 is 18.8. The van der Waals surface area contributed by atoms with Crippen molar-refractivity contribution in [1.29, 1.82) is 5.41 Å². The molecule has 5 N–H and O–H groups in total. The van der Waals surface area contributed by atoms with Gasteiger partial charge in [-0.05, 0) is 73.4 Å². The summed E-state index contributed by atoms with van der Waals surface area (Å²) in [6.07, 6.45) is 6.20. The lowest BCUT2D eigenvalue weighted by molar-refractivity contribution is -0.136. The Morgan fingerprint density at radius 1 is 0.746 bits per heavy atom. The van der Waals surface area contributed by atoms with Crippen LogP contribution >= 0.6 is 0 Å². The highest BCUT2D eigenvalue weighted by atomic mass is 16.5. The Hall–Kier alpha value is -7.43. The zero-order valence-electron chi connectivity index (χ0n) is 38.5. The van der Waals surface area contributed by atoms with Crippen molar-refractivity contribution >= 4 is 41.1 Å². The highest BCUT2D eigenvalue weighted by Crippen LogP contribution is 2.46. The fraction of sp³-hybridized carbons (Fsp3) is 0.380. The lowest BCUT2D eigenvalue weighted by Crippen LogP contribution is -2.51. The molecule has 1 unspecified atom stereocenters. The third-order valence-electron chi connectivity index (χ3n) is 13.3. The minimum Gasteiger partial charge on any atom is -0.465 e. The second kappa shape index (κ2) is 18.5. The number of nitrogens with zero attached hydrogens (tertiary/aromatic N) is 5. The molecule has 0 radical (unpaired) electrons. The number of carbonyl (C=O) groups is 4. The average Bonchev–Trinajstić information content (AvgIpc) is 4.20. The van der Waals surface area contributed by atoms with Crippen LogP contribution < -0.4 is 15.4 Å². The SMILES string of the molecule is COC(=O)N[C@H](C(=O)N1CCC[C@H]1c1ncc(-c2ccc3c(c2)OC(c2ccc(C=N)cc2)n2c-3cc3cc(-c4cnc([C@@H]5CCCN5C(=O)[C@@H](NC(=O)OC)C(C)C)[nH]4)ccc32)[nH]1)C(C)C. The molecule has 0 bridgehead atoms. The zero-order chi connectivity index (χ0) is 47.1. The van der Waals surface area contributed by atoms with Gasteiger partial charge < -0.3 is 54.6 Å². The van der Waals surface area contributed by atoms with E-state index in [9.17, 15) is 19.2 Å². The molecule has 17 nitrogen and oxygen atoms in total. The zero-order valence-corrected chi connectivity index (χ0v) is 38.5. The molecule has 67 heavy (non-hydrogen) atoms. The minimum atomic E-state index is -0.732. The molecule has 5 atom stereocenters. The van der Waals surface area contributed by atoms with Crippen molar-refractivity contribution in [2.45, 2.75) is 83.8 Å². The Balaban J connectivity index is 1.02. The summed E-state index contributed by atoms with van der Waals surface area (Å²) in [4.78, 5) is 72.0. The molecule has 348 valence electrons. The van der Waals surface area contributed by atoms with Crippen molar-refractivity contribution in [3.8, 4) is 39.5 Å².